The van der Waals surface area contributed by atoms with Crippen LogP contribution in [-0.2, 0) is 6.54 Å². The topological polar surface area (TPSA) is 43.8 Å². The standard InChI is InChI=1S/C14H10F3N3/c15-9-5-11(17)13-12(6-9)20(14(18)19-13)7-8-3-1-2-4-10(8)16/h1-6H,7H2,(H2,18,19). The van der Waals surface area contributed by atoms with Crippen LogP contribution in [-0.4, -0.2) is 9.55 Å². The Bertz CT molecular complexity index is 796. The third-order valence-electron chi connectivity index (χ3n) is 3.09. The Balaban J connectivity index is 2.17. The van der Waals surface area contributed by atoms with Crippen LogP contribution in [0.15, 0.2) is 36.4 Å². The van der Waals surface area contributed by atoms with Gasteiger partial charge in [0.1, 0.15) is 17.2 Å². The smallest absolute Gasteiger partial charge is 0.201 e. The number of halogens is 3. The fraction of sp³-hybridized carbons (Fsp3) is 0.0714. The maximum absolute atomic E-state index is 13.6. The fourth-order valence-corrected chi connectivity index (χ4v) is 2.13. The van der Waals surface area contributed by atoms with Crippen LogP contribution in [0.25, 0.3) is 11.0 Å². The lowest BCUT2D eigenvalue weighted by Crippen LogP contribution is -2.06. The average Bonchev–Trinajstić information content (AvgIpc) is 2.70. The molecule has 0 amide bonds. The summed E-state index contributed by atoms with van der Waals surface area (Å²) in [4.78, 5) is 3.86. The van der Waals surface area contributed by atoms with E-state index in [9.17, 15) is 13.2 Å². The molecule has 3 nitrogen and oxygen atoms in total. The first kappa shape index (κ1) is 12.5. The number of fused-ring (bicyclic) bond motifs is 1. The number of nitrogens with zero attached hydrogens (tertiary/aromatic N) is 2. The Kier molecular flexibility index (Phi) is 2.85. The van der Waals surface area contributed by atoms with E-state index in [1.54, 1.807) is 18.2 Å². The van der Waals surface area contributed by atoms with Crippen LogP contribution >= 0.6 is 0 Å². The van der Waals surface area contributed by atoms with Gasteiger partial charge in [0.05, 0.1) is 12.1 Å². The Hall–Kier alpha value is -2.50. The van der Waals surface area contributed by atoms with Crippen molar-refractivity contribution in [3.05, 3.63) is 59.4 Å². The molecule has 6 heteroatoms. The van der Waals surface area contributed by atoms with Crippen LogP contribution < -0.4 is 5.73 Å². The number of anilines is 1. The predicted octanol–water partition coefficient (Wildman–Crippen LogP) is 3.08. The van der Waals surface area contributed by atoms with E-state index in [2.05, 4.69) is 4.98 Å². The normalized spacial score (nSPS) is 11.2. The van der Waals surface area contributed by atoms with Crippen molar-refractivity contribution in [3.8, 4) is 0 Å². The summed E-state index contributed by atoms with van der Waals surface area (Å²) in [7, 11) is 0. The zero-order valence-electron chi connectivity index (χ0n) is 10.3. The van der Waals surface area contributed by atoms with Gasteiger partial charge in [0.2, 0.25) is 5.95 Å². The molecule has 0 fully saturated rings. The first-order chi connectivity index (χ1) is 9.56. The summed E-state index contributed by atoms with van der Waals surface area (Å²) >= 11 is 0. The molecule has 0 aliphatic rings. The molecule has 102 valence electrons. The van der Waals surface area contributed by atoms with E-state index in [1.165, 1.54) is 10.6 Å². The average molecular weight is 277 g/mol. The number of benzene rings is 2. The molecule has 0 spiro atoms. The summed E-state index contributed by atoms with van der Waals surface area (Å²) in [6.07, 6.45) is 0. The van der Waals surface area contributed by atoms with E-state index in [0.717, 1.165) is 12.1 Å². The number of imidazole rings is 1. The maximum atomic E-state index is 13.6. The number of hydrogen-bond acceptors (Lipinski definition) is 2. The summed E-state index contributed by atoms with van der Waals surface area (Å²) in [5.74, 6) is -1.93. The third kappa shape index (κ3) is 1.99. The molecule has 0 saturated carbocycles. The first-order valence-corrected chi connectivity index (χ1v) is 5.90. The van der Waals surface area contributed by atoms with Gasteiger partial charge in [0.25, 0.3) is 0 Å². The van der Waals surface area contributed by atoms with E-state index in [4.69, 9.17) is 5.73 Å². The zero-order chi connectivity index (χ0) is 14.3. The van der Waals surface area contributed by atoms with Gasteiger partial charge in [-0.2, -0.15) is 0 Å². The van der Waals surface area contributed by atoms with Crippen molar-refractivity contribution in [1.29, 1.82) is 0 Å². The highest BCUT2D eigenvalue weighted by molar-refractivity contribution is 5.79. The molecule has 0 aliphatic heterocycles. The molecule has 0 radical (unpaired) electrons. The molecule has 1 heterocycles. The van der Waals surface area contributed by atoms with Gasteiger partial charge in [-0.05, 0) is 6.07 Å². The Morgan fingerprint density at radius 1 is 1.05 bits per heavy atom. The molecule has 0 aliphatic carbocycles. The molecule has 2 N–H and O–H groups in total. The Morgan fingerprint density at radius 2 is 1.80 bits per heavy atom. The molecule has 3 rings (SSSR count). The molecular formula is C14H10F3N3. The molecule has 3 aromatic rings. The lowest BCUT2D eigenvalue weighted by molar-refractivity contribution is 0.589. The fourth-order valence-electron chi connectivity index (χ4n) is 2.13. The first-order valence-electron chi connectivity index (χ1n) is 5.90. The summed E-state index contributed by atoms with van der Waals surface area (Å²) in [6.45, 7) is 0.0535. The summed E-state index contributed by atoms with van der Waals surface area (Å²) < 4.78 is 41.9. The van der Waals surface area contributed by atoms with Gasteiger partial charge in [-0.15, -0.1) is 0 Å². The van der Waals surface area contributed by atoms with E-state index < -0.39 is 17.5 Å². The number of hydrogen-bond donors (Lipinski definition) is 1. The monoisotopic (exact) mass is 277 g/mol. The molecular weight excluding hydrogens is 267 g/mol. The minimum atomic E-state index is -0.793. The number of nitrogens with two attached hydrogens (primary N) is 1. The van der Waals surface area contributed by atoms with Gasteiger partial charge < -0.3 is 10.3 Å². The van der Waals surface area contributed by atoms with Crippen LogP contribution in [0.2, 0.25) is 0 Å². The molecule has 0 bridgehead atoms. The second kappa shape index (κ2) is 4.56. The Morgan fingerprint density at radius 3 is 2.55 bits per heavy atom. The minimum absolute atomic E-state index is 0.00718. The van der Waals surface area contributed by atoms with Crippen molar-refractivity contribution in [2.45, 2.75) is 6.54 Å². The van der Waals surface area contributed by atoms with Crippen molar-refractivity contribution in [3.63, 3.8) is 0 Å². The molecule has 1 aromatic heterocycles. The van der Waals surface area contributed by atoms with Crippen LogP contribution in [0.5, 0.6) is 0 Å². The highest BCUT2D eigenvalue weighted by Crippen LogP contribution is 2.23. The van der Waals surface area contributed by atoms with Crippen LogP contribution in [0.3, 0.4) is 0 Å². The van der Waals surface area contributed by atoms with Crippen LogP contribution in [0.4, 0.5) is 19.1 Å². The molecule has 2 aromatic carbocycles. The summed E-state index contributed by atoms with van der Waals surface area (Å²) in [6, 6.07) is 8.00. The van der Waals surface area contributed by atoms with Gasteiger partial charge in [-0.3, -0.25) is 0 Å². The van der Waals surface area contributed by atoms with Crippen molar-refractivity contribution >= 4 is 17.0 Å². The quantitative estimate of drug-likeness (QED) is 0.782. The lowest BCUT2D eigenvalue weighted by Gasteiger charge is -2.07. The van der Waals surface area contributed by atoms with E-state index in [1.807, 2.05) is 0 Å². The molecule has 20 heavy (non-hydrogen) atoms. The number of aromatic nitrogens is 2. The maximum Gasteiger partial charge on any atom is 0.201 e. The van der Waals surface area contributed by atoms with Crippen molar-refractivity contribution in [1.82, 2.24) is 9.55 Å². The molecule has 0 saturated heterocycles. The summed E-state index contributed by atoms with van der Waals surface area (Å²) in [5.41, 5.74) is 6.24. The van der Waals surface area contributed by atoms with Crippen molar-refractivity contribution in [2.24, 2.45) is 0 Å². The van der Waals surface area contributed by atoms with Crippen LogP contribution in [0, 0.1) is 17.5 Å². The third-order valence-corrected chi connectivity index (χ3v) is 3.09. The molecule has 0 atom stereocenters. The van der Waals surface area contributed by atoms with E-state index >= 15 is 0 Å². The molecule has 0 unspecified atom stereocenters. The second-order valence-corrected chi connectivity index (χ2v) is 4.40. The number of rotatable bonds is 2. The second-order valence-electron chi connectivity index (χ2n) is 4.40. The van der Waals surface area contributed by atoms with Gasteiger partial charge in [0.15, 0.2) is 5.82 Å². The van der Waals surface area contributed by atoms with Gasteiger partial charge in [-0.1, -0.05) is 18.2 Å². The largest absolute Gasteiger partial charge is 0.369 e. The Labute approximate surface area is 112 Å². The lowest BCUT2D eigenvalue weighted by atomic mass is 10.2. The number of nitrogen functional groups attached to an aromatic ring is 1. The predicted molar refractivity (Wildman–Crippen MR) is 69.6 cm³/mol. The van der Waals surface area contributed by atoms with Crippen LogP contribution in [0.1, 0.15) is 5.56 Å². The highest BCUT2D eigenvalue weighted by Gasteiger charge is 2.15. The van der Waals surface area contributed by atoms with E-state index in [-0.39, 0.29) is 23.5 Å². The van der Waals surface area contributed by atoms with Crippen molar-refractivity contribution in [2.75, 3.05) is 5.73 Å². The summed E-state index contributed by atoms with van der Waals surface area (Å²) in [5, 5.41) is 0. The SMILES string of the molecule is Nc1nc2c(F)cc(F)cc2n1Cc1ccccc1F. The van der Waals surface area contributed by atoms with Gasteiger partial charge >= 0.3 is 0 Å². The highest BCUT2D eigenvalue weighted by atomic mass is 19.1. The van der Waals surface area contributed by atoms with Gasteiger partial charge in [-0.25, -0.2) is 18.2 Å². The minimum Gasteiger partial charge on any atom is -0.369 e. The van der Waals surface area contributed by atoms with E-state index in [0.29, 0.717) is 5.56 Å². The van der Waals surface area contributed by atoms with Gasteiger partial charge in [0, 0.05) is 17.7 Å². The zero-order valence-corrected chi connectivity index (χ0v) is 10.3. The van der Waals surface area contributed by atoms with Crippen molar-refractivity contribution < 1.29 is 13.2 Å².